The third-order valence-electron chi connectivity index (χ3n) is 3.81. The number of fused-ring (bicyclic) bond motifs is 1. The number of amides is 1. The molecule has 1 N–H and O–H groups in total. The van der Waals surface area contributed by atoms with Gasteiger partial charge in [-0.05, 0) is 20.8 Å². The number of thioether (sulfide) groups is 2. The number of aliphatic hydroxyl groups excluding tert-OH is 1. The normalized spacial score (nSPS) is 22.9. The lowest BCUT2D eigenvalue weighted by Gasteiger charge is -2.43. The summed E-state index contributed by atoms with van der Waals surface area (Å²) in [4.78, 5) is 38.0. The van der Waals surface area contributed by atoms with E-state index in [9.17, 15) is 19.5 Å². The quantitative estimate of drug-likeness (QED) is 0.399. The summed E-state index contributed by atoms with van der Waals surface area (Å²) in [6, 6.07) is 0. The minimum atomic E-state index is -0.802. The summed E-state index contributed by atoms with van der Waals surface area (Å²) in [6.07, 6.45) is -0.802. The summed E-state index contributed by atoms with van der Waals surface area (Å²) in [5, 5.41) is 18.3. The van der Waals surface area contributed by atoms with E-state index in [1.165, 1.54) is 46.7 Å². The van der Waals surface area contributed by atoms with Gasteiger partial charge in [0.25, 0.3) is 0 Å². The Balaban J connectivity index is 1.80. The highest BCUT2D eigenvalue weighted by Gasteiger charge is 2.57. The molecule has 1 aromatic rings. The van der Waals surface area contributed by atoms with Crippen LogP contribution in [0.4, 0.5) is 0 Å². The van der Waals surface area contributed by atoms with E-state index in [2.05, 4.69) is 10.2 Å². The molecule has 140 valence electrons. The predicted molar refractivity (Wildman–Crippen MR) is 97.4 cm³/mol. The van der Waals surface area contributed by atoms with E-state index >= 15 is 0 Å². The summed E-state index contributed by atoms with van der Waals surface area (Å²) in [5.74, 6) is -1.41. The number of hydrogen-bond donors (Lipinski definition) is 1. The first kappa shape index (κ1) is 19.3. The third kappa shape index (κ3) is 3.66. The third-order valence-corrected chi connectivity index (χ3v) is 7.36. The second-order valence-corrected chi connectivity index (χ2v) is 9.52. The largest absolute Gasteiger partial charge is 0.453 e. The number of ketones is 1. The highest BCUT2D eigenvalue weighted by molar-refractivity contribution is 8.07. The smallest absolute Gasteiger partial charge is 0.356 e. The Morgan fingerprint density at radius 3 is 2.73 bits per heavy atom. The number of carbonyl (C=O) groups excluding carboxylic acids is 3. The van der Waals surface area contributed by atoms with E-state index in [-0.39, 0.29) is 29.4 Å². The zero-order chi connectivity index (χ0) is 19.0. The number of ether oxygens (including phenoxy) is 1. The maximum Gasteiger partial charge on any atom is 0.356 e. The number of hydrogen-bond acceptors (Lipinski definition) is 10. The first-order valence-electron chi connectivity index (χ1n) is 7.80. The van der Waals surface area contributed by atoms with Crippen LogP contribution in [0.25, 0.3) is 0 Å². The van der Waals surface area contributed by atoms with Crippen molar-refractivity contribution in [2.45, 2.75) is 36.6 Å². The van der Waals surface area contributed by atoms with Gasteiger partial charge in [-0.25, -0.2) is 4.79 Å². The molecule has 0 radical (unpaired) electrons. The molecule has 0 aliphatic carbocycles. The molecule has 26 heavy (non-hydrogen) atoms. The Bertz CT molecular complexity index is 791. The van der Waals surface area contributed by atoms with Crippen molar-refractivity contribution in [2.24, 2.45) is 5.92 Å². The minimum absolute atomic E-state index is 0.164. The van der Waals surface area contributed by atoms with Crippen LogP contribution in [0.3, 0.4) is 0 Å². The van der Waals surface area contributed by atoms with Crippen LogP contribution in [0.1, 0.15) is 18.9 Å². The van der Waals surface area contributed by atoms with Gasteiger partial charge in [0.2, 0.25) is 5.91 Å². The van der Waals surface area contributed by atoms with Crippen LogP contribution in [0.5, 0.6) is 0 Å². The van der Waals surface area contributed by atoms with Crippen LogP contribution in [-0.2, 0) is 19.1 Å². The number of β-lactam (4-membered cyclic amide) rings is 1. The second kappa shape index (κ2) is 7.67. The molecular formula is C15H17N3O5S3. The summed E-state index contributed by atoms with van der Waals surface area (Å²) in [7, 11) is 0. The molecule has 0 saturated carbocycles. The monoisotopic (exact) mass is 415 g/mol. The van der Waals surface area contributed by atoms with Gasteiger partial charge in [-0.2, -0.15) is 0 Å². The van der Waals surface area contributed by atoms with Gasteiger partial charge in [0, 0.05) is 10.7 Å². The molecule has 3 atom stereocenters. The number of carbonyl (C=O) groups is 3. The number of nitrogens with zero attached hydrogens (tertiary/aromatic N) is 3. The van der Waals surface area contributed by atoms with E-state index in [4.69, 9.17) is 4.74 Å². The van der Waals surface area contributed by atoms with E-state index in [1.54, 1.807) is 6.92 Å². The molecule has 2 aliphatic rings. The van der Waals surface area contributed by atoms with Crippen molar-refractivity contribution in [2.75, 3.05) is 12.4 Å². The highest BCUT2D eigenvalue weighted by atomic mass is 32.2. The first-order valence-corrected chi connectivity index (χ1v) is 10.5. The fourth-order valence-corrected chi connectivity index (χ4v) is 6.16. The first-order chi connectivity index (χ1) is 12.3. The zero-order valence-corrected chi connectivity index (χ0v) is 16.7. The van der Waals surface area contributed by atoms with Gasteiger partial charge in [0.1, 0.15) is 22.7 Å². The minimum Gasteiger partial charge on any atom is -0.453 e. The Morgan fingerprint density at radius 1 is 1.42 bits per heavy atom. The fraction of sp³-hybridized carbons (Fsp3) is 0.533. The molecule has 1 fully saturated rings. The molecule has 1 saturated heterocycles. The van der Waals surface area contributed by atoms with Gasteiger partial charge >= 0.3 is 5.97 Å². The van der Waals surface area contributed by atoms with Crippen molar-refractivity contribution in [1.29, 1.82) is 0 Å². The Morgan fingerprint density at radius 2 is 2.15 bits per heavy atom. The predicted octanol–water partition coefficient (Wildman–Crippen LogP) is 1.19. The second-order valence-electron chi connectivity index (χ2n) is 5.91. The van der Waals surface area contributed by atoms with Gasteiger partial charge < -0.3 is 9.84 Å². The number of Topliss-reactive ketones (excluding diaryl/α,β-unsaturated/α-hetero) is 1. The SMILES string of the molecule is CC(=O)COC(=O)C1=C(CSc2nnc(C)s2)S[C@@H]2[C@@H](C(C)O)C(=O)N12. The van der Waals surface area contributed by atoms with Crippen molar-refractivity contribution in [3.8, 4) is 0 Å². The molecule has 1 unspecified atom stereocenters. The highest BCUT2D eigenvalue weighted by Crippen LogP contribution is 2.51. The van der Waals surface area contributed by atoms with E-state index < -0.39 is 18.0 Å². The molecule has 0 spiro atoms. The standard InChI is InChI=1S/C15H17N3O5S3/c1-6(19)4-23-14(22)11-9(5-24-15-17-16-8(3)25-15)26-13-10(7(2)20)12(21)18(11)13/h7,10,13,20H,4-5H2,1-3H3/t7?,10-,13+/m0/s1. The maximum absolute atomic E-state index is 12.5. The average Bonchev–Trinajstić information content (AvgIpc) is 3.11. The summed E-state index contributed by atoms with van der Waals surface area (Å²) < 4.78 is 5.78. The number of aryl methyl sites for hydroxylation is 1. The molecule has 8 nitrogen and oxygen atoms in total. The van der Waals surface area contributed by atoms with Gasteiger partial charge in [0.05, 0.1) is 12.0 Å². The average molecular weight is 416 g/mol. The molecule has 0 aromatic carbocycles. The number of aliphatic hydroxyl groups is 1. The fourth-order valence-electron chi connectivity index (χ4n) is 2.64. The Labute approximate surface area is 162 Å². The van der Waals surface area contributed by atoms with Crippen LogP contribution in [0.15, 0.2) is 14.9 Å². The topological polar surface area (TPSA) is 110 Å². The van der Waals surface area contributed by atoms with Crippen molar-refractivity contribution >= 4 is 52.5 Å². The van der Waals surface area contributed by atoms with Crippen molar-refractivity contribution in [3.05, 3.63) is 15.6 Å². The lowest BCUT2D eigenvalue weighted by molar-refractivity contribution is -0.158. The van der Waals surface area contributed by atoms with E-state index in [0.717, 1.165) is 9.35 Å². The lowest BCUT2D eigenvalue weighted by Crippen LogP contribution is -2.60. The number of aromatic nitrogens is 2. The van der Waals surface area contributed by atoms with Gasteiger partial charge in [-0.15, -0.1) is 22.0 Å². The molecule has 1 aromatic heterocycles. The van der Waals surface area contributed by atoms with Gasteiger partial charge in [0.15, 0.2) is 10.1 Å². The molecule has 1 amide bonds. The van der Waals surface area contributed by atoms with Crippen LogP contribution in [0.2, 0.25) is 0 Å². The molecule has 11 heteroatoms. The molecule has 3 heterocycles. The van der Waals surface area contributed by atoms with Gasteiger partial charge in [-0.1, -0.05) is 23.1 Å². The number of esters is 1. The van der Waals surface area contributed by atoms with Crippen LogP contribution in [-0.4, -0.2) is 61.7 Å². The van der Waals surface area contributed by atoms with Crippen molar-refractivity contribution in [1.82, 2.24) is 15.1 Å². The van der Waals surface area contributed by atoms with E-state index in [1.807, 2.05) is 6.92 Å². The molecule has 2 aliphatic heterocycles. The lowest BCUT2D eigenvalue weighted by atomic mass is 9.92. The van der Waals surface area contributed by atoms with Crippen LogP contribution in [0, 0.1) is 12.8 Å². The van der Waals surface area contributed by atoms with Crippen LogP contribution < -0.4 is 0 Å². The zero-order valence-electron chi connectivity index (χ0n) is 14.3. The van der Waals surface area contributed by atoms with Gasteiger partial charge in [-0.3, -0.25) is 14.5 Å². The summed E-state index contributed by atoms with van der Waals surface area (Å²) in [5.41, 5.74) is 0.164. The van der Waals surface area contributed by atoms with Crippen molar-refractivity contribution in [3.63, 3.8) is 0 Å². The Hall–Kier alpha value is -1.43. The molecule has 3 rings (SSSR count). The molecule has 0 bridgehead atoms. The molecular weight excluding hydrogens is 398 g/mol. The number of rotatable bonds is 7. The maximum atomic E-state index is 12.5. The van der Waals surface area contributed by atoms with Crippen molar-refractivity contribution < 1.29 is 24.2 Å². The van der Waals surface area contributed by atoms with E-state index in [0.29, 0.717) is 10.7 Å². The van der Waals surface area contributed by atoms with Crippen LogP contribution >= 0.6 is 34.9 Å². The summed E-state index contributed by atoms with van der Waals surface area (Å²) in [6.45, 7) is 4.40. The Kier molecular flexibility index (Phi) is 5.70. The summed E-state index contributed by atoms with van der Waals surface area (Å²) >= 11 is 4.24.